The van der Waals surface area contributed by atoms with E-state index in [1.165, 1.54) is 50.8 Å². The number of aliphatic hydroxyl groups is 1. The van der Waals surface area contributed by atoms with Gasteiger partial charge in [-0.25, -0.2) is 4.90 Å². The van der Waals surface area contributed by atoms with Crippen LogP contribution in [0, 0.1) is 0 Å². The summed E-state index contributed by atoms with van der Waals surface area (Å²) in [5.74, 6) is 1.35. The smallest absolute Gasteiger partial charge is 0.274 e. The first-order chi connectivity index (χ1) is 14.6. The van der Waals surface area contributed by atoms with Gasteiger partial charge in [0.05, 0.1) is 19.6 Å². The Morgan fingerprint density at radius 1 is 1.10 bits per heavy atom. The number of fused-ring (bicyclic) bond motifs is 1. The molecule has 2 aliphatic heterocycles. The SMILES string of the molecule is C=CCCCCCCCCCC[C@]1(O)C=CC2=[N+](CCCCN=C(N)N)CCCN21. The molecule has 0 aromatic rings. The van der Waals surface area contributed by atoms with Gasteiger partial charge in [0, 0.05) is 25.5 Å². The number of rotatable bonds is 16. The number of nitrogens with two attached hydrogens (primary N) is 2. The van der Waals surface area contributed by atoms with Crippen molar-refractivity contribution in [3.05, 3.63) is 24.8 Å². The maximum Gasteiger partial charge on any atom is 0.274 e. The van der Waals surface area contributed by atoms with Crippen LogP contribution in [0.1, 0.15) is 83.5 Å². The molecule has 0 bridgehead atoms. The molecule has 6 nitrogen and oxygen atoms in total. The van der Waals surface area contributed by atoms with Gasteiger partial charge in [0.1, 0.15) is 0 Å². The van der Waals surface area contributed by atoms with E-state index >= 15 is 0 Å². The summed E-state index contributed by atoms with van der Waals surface area (Å²) in [4.78, 5) is 6.27. The Bertz CT molecular complexity index is 609. The Kier molecular flexibility index (Phi) is 11.0. The van der Waals surface area contributed by atoms with E-state index in [0.29, 0.717) is 6.54 Å². The van der Waals surface area contributed by atoms with Crippen molar-refractivity contribution in [2.24, 2.45) is 16.5 Å². The number of aliphatic imine (C=N–C) groups is 1. The quantitative estimate of drug-likeness (QED) is 0.118. The molecule has 2 heterocycles. The van der Waals surface area contributed by atoms with E-state index < -0.39 is 5.72 Å². The molecular weight excluding hydrogens is 374 g/mol. The van der Waals surface area contributed by atoms with Crippen LogP contribution < -0.4 is 11.5 Å². The first kappa shape index (κ1) is 24.4. The highest BCUT2D eigenvalue weighted by Gasteiger charge is 2.46. The maximum atomic E-state index is 11.2. The maximum absolute atomic E-state index is 11.2. The molecule has 0 aliphatic carbocycles. The molecule has 0 aromatic carbocycles. The van der Waals surface area contributed by atoms with Crippen LogP contribution in [0.3, 0.4) is 0 Å². The van der Waals surface area contributed by atoms with Crippen molar-refractivity contribution in [1.82, 2.24) is 4.90 Å². The average molecular weight is 419 g/mol. The van der Waals surface area contributed by atoms with Crippen molar-refractivity contribution in [2.45, 2.75) is 89.2 Å². The molecule has 0 fully saturated rings. The average Bonchev–Trinajstić information content (AvgIpc) is 3.07. The second kappa shape index (κ2) is 13.5. The minimum atomic E-state index is -0.795. The fourth-order valence-corrected chi connectivity index (χ4v) is 4.51. The van der Waals surface area contributed by atoms with Gasteiger partial charge in [0.2, 0.25) is 5.72 Å². The van der Waals surface area contributed by atoms with Gasteiger partial charge >= 0.3 is 0 Å². The third-order valence-corrected chi connectivity index (χ3v) is 6.21. The summed E-state index contributed by atoms with van der Waals surface area (Å²) in [5.41, 5.74) is 9.97. The van der Waals surface area contributed by atoms with Gasteiger partial charge in [-0.05, 0) is 38.2 Å². The van der Waals surface area contributed by atoms with Crippen molar-refractivity contribution >= 4 is 11.8 Å². The number of allylic oxidation sites excluding steroid dienone is 1. The Morgan fingerprint density at radius 2 is 1.80 bits per heavy atom. The molecular formula is C24H44N5O+. The van der Waals surface area contributed by atoms with E-state index in [0.717, 1.165) is 58.2 Å². The van der Waals surface area contributed by atoms with Crippen LogP contribution in [0.25, 0.3) is 0 Å². The van der Waals surface area contributed by atoms with Crippen LogP contribution in [0.4, 0.5) is 0 Å². The number of unbranched alkanes of at least 4 members (excludes halogenated alkanes) is 9. The van der Waals surface area contributed by atoms with E-state index in [-0.39, 0.29) is 5.96 Å². The van der Waals surface area contributed by atoms with Crippen LogP contribution in [-0.4, -0.2) is 58.3 Å². The van der Waals surface area contributed by atoms with Crippen LogP contribution in [0.15, 0.2) is 29.8 Å². The number of nitrogens with zero attached hydrogens (tertiary/aromatic N) is 3. The van der Waals surface area contributed by atoms with Crippen molar-refractivity contribution in [1.29, 1.82) is 0 Å². The summed E-state index contributed by atoms with van der Waals surface area (Å²) < 4.78 is 2.40. The van der Waals surface area contributed by atoms with E-state index in [1.807, 2.05) is 12.2 Å². The Labute approximate surface area is 183 Å². The minimum absolute atomic E-state index is 0.167. The lowest BCUT2D eigenvalue weighted by Crippen LogP contribution is -2.52. The van der Waals surface area contributed by atoms with Gasteiger partial charge < -0.3 is 16.6 Å². The number of guanidine groups is 1. The van der Waals surface area contributed by atoms with Crippen molar-refractivity contribution in [3.8, 4) is 0 Å². The zero-order chi connectivity index (χ0) is 21.7. The van der Waals surface area contributed by atoms with E-state index in [2.05, 4.69) is 27.1 Å². The highest BCUT2D eigenvalue weighted by atomic mass is 16.3. The first-order valence-electron chi connectivity index (χ1n) is 12.0. The summed E-state index contributed by atoms with van der Waals surface area (Å²) in [7, 11) is 0. The molecule has 0 saturated heterocycles. The molecule has 30 heavy (non-hydrogen) atoms. The second-order valence-electron chi connectivity index (χ2n) is 8.73. The fourth-order valence-electron chi connectivity index (χ4n) is 4.51. The Balaban J connectivity index is 1.67. The molecule has 0 unspecified atom stereocenters. The summed E-state index contributed by atoms with van der Waals surface area (Å²) in [5, 5.41) is 11.2. The van der Waals surface area contributed by atoms with Gasteiger partial charge in [-0.15, -0.1) is 6.58 Å². The second-order valence-corrected chi connectivity index (χ2v) is 8.73. The van der Waals surface area contributed by atoms with Gasteiger partial charge in [-0.3, -0.25) is 9.57 Å². The molecule has 6 heteroatoms. The summed E-state index contributed by atoms with van der Waals surface area (Å²) in [6.07, 6.45) is 21.4. The van der Waals surface area contributed by atoms with Gasteiger partial charge in [0.25, 0.3) is 5.84 Å². The lowest BCUT2D eigenvalue weighted by atomic mass is 10.0. The predicted octanol–water partition coefficient (Wildman–Crippen LogP) is 3.50. The summed E-state index contributed by atoms with van der Waals surface area (Å²) >= 11 is 0. The van der Waals surface area contributed by atoms with Crippen LogP contribution in [0.5, 0.6) is 0 Å². The largest absolute Gasteiger partial charge is 0.370 e. The zero-order valence-corrected chi connectivity index (χ0v) is 18.9. The third kappa shape index (κ3) is 8.13. The number of hydrogen-bond donors (Lipinski definition) is 3. The highest BCUT2D eigenvalue weighted by molar-refractivity contribution is 5.92. The van der Waals surface area contributed by atoms with Crippen LogP contribution in [-0.2, 0) is 0 Å². The Morgan fingerprint density at radius 3 is 2.50 bits per heavy atom. The molecule has 2 aliphatic rings. The first-order valence-corrected chi connectivity index (χ1v) is 12.0. The lowest BCUT2D eigenvalue weighted by Gasteiger charge is -2.32. The molecule has 0 spiro atoms. The van der Waals surface area contributed by atoms with E-state index in [4.69, 9.17) is 11.5 Å². The Hall–Kier alpha value is -1.82. The van der Waals surface area contributed by atoms with Crippen molar-refractivity contribution in [3.63, 3.8) is 0 Å². The number of hydrogen-bond acceptors (Lipinski definition) is 3. The number of amidine groups is 1. The predicted molar refractivity (Wildman–Crippen MR) is 127 cm³/mol. The monoisotopic (exact) mass is 418 g/mol. The molecule has 170 valence electrons. The topological polar surface area (TPSA) is 90.9 Å². The minimum Gasteiger partial charge on any atom is -0.370 e. The summed E-state index contributed by atoms with van der Waals surface area (Å²) in [6, 6.07) is 0. The van der Waals surface area contributed by atoms with Crippen LogP contribution in [0.2, 0.25) is 0 Å². The molecule has 0 radical (unpaired) electrons. The van der Waals surface area contributed by atoms with Gasteiger partial charge in [-0.1, -0.05) is 44.6 Å². The third-order valence-electron chi connectivity index (χ3n) is 6.21. The van der Waals surface area contributed by atoms with Crippen molar-refractivity contribution in [2.75, 3.05) is 26.2 Å². The van der Waals surface area contributed by atoms with Crippen LogP contribution >= 0.6 is 0 Å². The molecule has 5 N–H and O–H groups in total. The zero-order valence-electron chi connectivity index (χ0n) is 18.9. The summed E-state index contributed by atoms with van der Waals surface area (Å²) in [6.45, 7) is 7.44. The molecule has 0 amide bonds. The van der Waals surface area contributed by atoms with E-state index in [9.17, 15) is 5.11 Å². The van der Waals surface area contributed by atoms with Gasteiger partial charge in [0.15, 0.2) is 5.96 Å². The molecule has 1 atom stereocenters. The normalized spacial score (nSPS) is 20.5. The van der Waals surface area contributed by atoms with E-state index in [1.54, 1.807) is 0 Å². The lowest BCUT2D eigenvalue weighted by molar-refractivity contribution is -0.539. The molecule has 0 aromatic heterocycles. The fraction of sp³-hybridized carbons (Fsp3) is 0.750. The standard InChI is InChI=1S/C24H44N5O/c1-2-3-4-5-6-7-8-9-10-11-16-24(30)17-15-22-28(20-14-21-29(22)24)19-13-12-18-27-23(25)26/h2,15,17,30H,1,3-14,16,18-21H2,(H4,25,26,27)/q+1/t24-/m0/s1. The van der Waals surface area contributed by atoms with Crippen molar-refractivity contribution < 1.29 is 9.68 Å². The van der Waals surface area contributed by atoms with Gasteiger partial charge in [-0.2, -0.15) is 0 Å². The highest BCUT2D eigenvalue weighted by Crippen LogP contribution is 2.30. The molecule has 0 saturated carbocycles. The molecule has 2 rings (SSSR count).